The molecule has 2 aliphatic heterocycles. The molecule has 2 aromatic heterocycles. The molecule has 2 amide bonds. The summed E-state index contributed by atoms with van der Waals surface area (Å²) < 4.78 is 49.9. The van der Waals surface area contributed by atoms with Crippen LogP contribution in [0.3, 0.4) is 0 Å². The third-order valence-electron chi connectivity index (χ3n) is 4.69. The summed E-state index contributed by atoms with van der Waals surface area (Å²) in [5.74, 6) is -2.26. The van der Waals surface area contributed by atoms with Crippen LogP contribution >= 0.6 is 22.7 Å². The van der Waals surface area contributed by atoms with Crippen molar-refractivity contribution in [2.75, 3.05) is 24.6 Å². The van der Waals surface area contributed by atoms with Crippen molar-refractivity contribution in [3.63, 3.8) is 0 Å². The van der Waals surface area contributed by atoms with Crippen LogP contribution in [0.5, 0.6) is 0 Å². The number of nitrogens with zero attached hydrogens (tertiary/aromatic N) is 2. The Balaban J connectivity index is 1.60. The van der Waals surface area contributed by atoms with E-state index in [4.69, 9.17) is 0 Å². The van der Waals surface area contributed by atoms with Crippen LogP contribution in [0.2, 0.25) is 0 Å². The fraction of sp³-hybridized carbons (Fsp3) is 0.375. The standard InChI is InChI=1S/C16H16N2O6S4/c19-13-9-27(21,22)15(11-3-1-7-25-11)17(13)5-6-18-14(20)10-28(23,24)16(18)12-4-2-8-26-12/h1-4,7-8,15-16H,5-6,9-10H2. The molecule has 0 N–H and O–H groups in total. The molecule has 0 bridgehead atoms. The minimum absolute atomic E-state index is 0.0518. The molecule has 4 heterocycles. The van der Waals surface area contributed by atoms with Crippen molar-refractivity contribution in [3.05, 3.63) is 44.8 Å². The first kappa shape index (κ1) is 19.6. The van der Waals surface area contributed by atoms with Crippen molar-refractivity contribution in [3.8, 4) is 0 Å². The molecule has 2 aromatic rings. The van der Waals surface area contributed by atoms with E-state index in [0.29, 0.717) is 9.75 Å². The second-order valence-electron chi connectivity index (χ2n) is 6.52. The third-order valence-corrected chi connectivity index (χ3v) is 10.5. The minimum atomic E-state index is -3.68. The smallest absolute Gasteiger partial charge is 0.239 e. The molecule has 2 fully saturated rings. The predicted octanol–water partition coefficient (Wildman–Crippen LogP) is 1.02. The van der Waals surface area contributed by atoms with Crippen molar-refractivity contribution in [2.24, 2.45) is 0 Å². The van der Waals surface area contributed by atoms with Crippen LogP contribution < -0.4 is 0 Å². The monoisotopic (exact) mass is 460 g/mol. The molecular formula is C16H16N2O6S4. The summed E-state index contributed by atoms with van der Waals surface area (Å²) in [7, 11) is -7.36. The van der Waals surface area contributed by atoms with E-state index in [1.807, 2.05) is 0 Å². The lowest BCUT2D eigenvalue weighted by molar-refractivity contribution is -0.132. The van der Waals surface area contributed by atoms with Crippen LogP contribution in [0.4, 0.5) is 0 Å². The number of carbonyl (C=O) groups excluding carboxylic acids is 2. The van der Waals surface area contributed by atoms with Crippen molar-refractivity contribution in [1.82, 2.24) is 9.80 Å². The van der Waals surface area contributed by atoms with Gasteiger partial charge in [0.15, 0.2) is 30.4 Å². The van der Waals surface area contributed by atoms with E-state index in [-0.39, 0.29) is 13.1 Å². The van der Waals surface area contributed by atoms with Crippen LogP contribution in [0.1, 0.15) is 20.5 Å². The Bertz CT molecular complexity index is 1020. The van der Waals surface area contributed by atoms with Crippen molar-refractivity contribution >= 4 is 54.2 Å². The van der Waals surface area contributed by atoms with Gasteiger partial charge in [-0.25, -0.2) is 16.8 Å². The van der Waals surface area contributed by atoms with Gasteiger partial charge in [-0.05, 0) is 22.9 Å². The molecule has 12 heteroatoms. The van der Waals surface area contributed by atoms with Gasteiger partial charge in [0, 0.05) is 22.8 Å². The Morgan fingerprint density at radius 3 is 1.50 bits per heavy atom. The van der Waals surface area contributed by atoms with E-state index in [2.05, 4.69) is 0 Å². The number of sulfone groups is 2. The quantitative estimate of drug-likeness (QED) is 0.659. The van der Waals surface area contributed by atoms with Crippen LogP contribution in [0, 0.1) is 0 Å². The number of hydrogen-bond donors (Lipinski definition) is 0. The first-order valence-electron chi connectivity index (χ1n) is 8.29. The molecule has 2 aliphatic rings. The fourth-order valence-electron chi connectivity index (χ4n) is 3.54. The van der Waals surface area contributed by atoms with Crippen molar-refractivity contribution in [1.29, 1.82) is 0 Å². The highest BCUT2D eigenvalue weighted by molar-refractivity contribution is 7.93. The van der Waals surface area contributed by atoms with Gasteiger partial charge < -0.3 is 9.80 Å². The number of carbonyl (C=O) groups is 2. The first-order valence-corrected chi connectivity index (χ1v) is 13.5. The number of rotatable bonds is 5. The summed E-state index contributed by atoms with van der Waals surface area (Å²) >= 11 is 2.47. The fourth-order valence-corrected chi connectivity index (χ4v) is 9.61. The molecule has 0 aliphatic carbocycles. The third kappa shape index (κ3) is 3.27. The Labute approximate surface area is 170 Å². The molecule has 2 atom stereocenters. The lowest BCUT2D eigenvalue weighted by atomic mass is 10.3. The molecule has 2 saturated heterocycles. The highest BCUT2D eigenvalue weighted by Crippen LogP contribution is 2.38. The average Bonchev–Trinajstić information content (AvgIpc) is 3.33. The van der Waals surface area contributed by atoms with Crippen LogP contribution in [0.15, 0.2) is 35.0 Å². The predicted molar refractivity (Wildman–Crippen MR) is 105 cm³/mol. The van der Waals surface area contributed by atoms with Gasteiger partial charge in [-0.2, -0.15) is 0 Å². The van der Waals surface area contributed by atoms with Gasteiger partial charge >= 0.3 is 0 Å². The Morgan fingerprint density at radius 1 is 0.786 bits per heavy atom. The lowest BCUT2D eigenvalue weighted by Gasteiger charge is -2.27. The molecule has 150 valence electrons. The van der Waals surface area contributed by atoms with Gasteiger partial charge in [0.05, 0.1) is 0 Å². The van der Waals surface area contributed by atoms with E-state index in [9.17, 15) is 26.4 Å². The average molecular weight is 461 g/mol. The van der Waals surface area contributed by atoms with E-state index in [1.54, 1.807) is 35.0 Å². The summed E-state index contributed by atoms with van der Waals surface area (Å²) in [6.45, 7) is -0.104. The van der Waals surface area contributed by atoms with Crippen LogP contribution in [0.25, 0.3) is 0 Å². The molecule has 0 spiro atoms. The summed E-state index contributed by atoms with van der Waals surface area (Å²) in [4.78, 5) is 28.2. The van der Waals surface area contributed by atoms with E-state index >= 15 is 0 Å². The van der Waals surface area contributed by atoms with Crippen LogP contribution in [-0.4, -0.2) is 63.0 Å². The minimum Gasteiger partial charge on any atom is -0.319 e. The van der Waals surface area contributed by atoms with Gasteiger partial charge in [-0.1, -0.05) is 12.1 Å². The zero-order valence-electron chi connectivity index (χ0n) is 14.4. The Morgan fingerprint density at radius 2 is 1.18 bits per heavy atom. The molecule has 8 nitrogen and oxygen atoms in total. The van der Waals surface area contributed by atoms with Crippen molar-refractivity contribution in [2.45, 2.75) is 10.7 Å². The summed E-state index contributed by atoms with van der Waals surface area (Å²) in [5, 5.41) is 1.29. The molecular weight excluding hydrogens is 444 g/mol. The highest BCUT2D eigenvalue weighted by atomic mass is 32.2. The van der Waals surface area contributed by atoms with E-state index in [1.165, 1.54) is 32.5 Å². The van der Waals surface area contributed by atoms with Gasteiger partial charge in [0.2, 0.25) is 11.8 Å². The van der Waals surface area contributed by atoms with Gasteiger partial charge in [-0.15, -0.1) is 22.7 Å². The number of hydrogen-bond acceptors (Lipinski definition) is 8. The Kier molecular flexibility index (Phi) is 4.84. The second-order valence-corrected chi connectivity index (χ2v) is 12.6. The van der Waals surface area contributed by atoms with Crippen LogP contribution in [-0.2, 0) is 29.3 Å². The van der Waals surface area contributed by atoms with Crippen molar-refractivity contribution < 1.29 is 26.4 Å². The molecule has 28 heavy (non-hydrogen) atoms. The SMILES string of the molecule is O=C1CS(=O)(=O)C(c2cccs2)N1CCN1C(=O)CS(=O)(=O)C1c1cccs1. The highest BCUT2D eigenvalue weighted by Gasteiger charge is 2.48. The first-order chi connectivity index (χ1) is 13.2. The summed E-state index contributed by atoms with van der Waals surface area (Å²) in [6.07, 6.45) is 0. The maximum absolute atomic E-state index is 12.5. The van der Waals surface area contributed by atoms with Gasteiger partial charge in [0.1, 0.15) is 11.5 Å². The molecule has 0 radical (unpaired) electrons. The number of thiophene rings is 2. The molecule has 0 aromatic carbocycles. The lowest BCUT2D eigenvalue weighted by Crippen LogP contribution is -2.39. The normalized spacial score (nSPS) is 26.3. The van der Waals surface area contributed by atoms with Gasteiger partial charge in [-0.3, -0.25) is 9.59 Å². The molecule has 0 saturated carbocycles. The van der Waals surface area contributed by atoms with Gasteiger partial charge in [0.25, 0.3) is 0 Å². The van der Waals surface area contributed by atoms with E-state index in [0.717, 1.165) is 0 Å². The maximum Gasteiger partial charge on any atom is 0.239 e. The molecule has 4 rings (SSSR count). The second kappa shape index (κ2) is 6.94. The summed E-state index contributed by atoms with van der Waals surface area (Å²) in [6, 6.07) is 6.72. The molecule has 2 unspecified atom stereocenters. The number of amides is 2. The van der Waals surface area contributed by atoms with E-state index < -0.39 is 53.7 Å². The topological polar surface area (TPSA) is 109 Å². The summed E-state index contributed by atoms with van der Waals surface area (Å²) in [5.41, 5.74) is 0. The maximum atomic E-state index is 12.5. The Hall–Kier alpha value is -1.76. The largest absolute Gasteiger partial charge is 0.319 e. The zero-order chi connectivity index (χ0) is 20.1. The zero-order valence-corrected chi connectivity index (χ0v) is 17.7.